The second-order valence-electron chi connectivity index (χ2n) is 9.94. The number of fused-ring (bicyclic) bond motifs is 8. The lowest BCUT2D eigenvalue weighted by Crippen LogP contribution is -2.27. The van der Waals surface area contributed by atoms with Crippen LogP contribution in [0.15, 0.2) is 80.7 Å². The summed E-state index contributed by atoms with van der Waals surface area (Å²) >= 11 is 0. The number of hydrogen-bond acceptors (Lipinski definition) is 7. The molecule has 9 nitrogen and oxygen atoms in total. The van der Waals surface area contributed by atoms with Gasteiger partial charge in [0.05, 0.1) is 34.6 Å². The topological polar surface area (TPSA) is 106 Å². The number of aromatic nitrogens is 3. The van der Waals surface area contributed by atoms with Gasteiger partial charge in [-0.05, 0) is 56.1 Å². The summed E-state index contributed by atoms with van der Waals surface area (Å²) in [4.78, 5) is 36.6. The Labute approximate surface area is 225 Å². The Morgan fingerprint density at radius 1 is 1.05 bits per heavy atom. The molecule has 0 aliphatic carbocycles. The molecule has 0 atom stereocenters. The number of benzene rings is 2. The van der Waals surface area contributed by atoms with Crippen molar-refractivity contribution in [2.24, 2.45) is 0 Å². The molecule has 1 amide bonds. The summed E-state index contributed by atoms with van der Waals surface area (Å²) in [6, 6.07) is 15.9. The number of carbonyl (C=O) groups excluding carboxylic acids is 1. The monoisotopic (exact) mass is 535 g/mol. The number of nitrogens with one attached hydrogen (secondary N) is 1. The van der Waals surface area contributed by atoms with Gasteiger partial charge < -0.3 is 23.6 Å². The standard InChI is InChI=1S/C30H22FN5O4/c1-35(2)15-24(37)34-23-12-16(17-6-3-4-8-21(17)33-23)14-36-22-13-20(31)18-9-11-39-28(18)26(22)25-19-7-5-10-32-29(19)40-30(38)27(25)36/h3-13H,14-15H2,1-2H3,(H,33,34,37). The molecule has 7 aromatic rings. The molecule has 2 aromatic carbocycles. The van der Waals surface area contributed by atoms with E-state index in [0.29, 0.717) is 44.0 Å². The first-order valence-corrected chi connectivity index (χ1v) is 12.6. The van der Waals surface area contributed by atoms with Crippen LogP contribution in [0.4, 0.5) is 10.2 Å². The predicted molar refractivity (Wildman–Crippen MR) is 151 cm³/mol. The van der Waals surface area contributed by atoms with E-state index in [4.69, 9.17) is 8.83 Å². The lowest BCUT2D eigenvalue weighted by Gasteiger charge is -2.14. The average molecular weight is 536 g/mol. The molecule has 0 saturated carbocycles. The van der Waals surface area contributed by atoms with Crippen LogP contribution in [0.2, 0.25) is 0 Å². The molecule has 0 saturated heterocycles. The van der Waals surface area contributed by atoms with E-state index in [1.165, 1.54) is 12.3 Å². The molecule has 7 rings (SSSR count). The summed E-state index contributed by atoms with van der Waals surface area (Å²) in [7, 11) is 3.61. The molecule has 0 fully saturated rings. The van der Waals surface area contributed by atoms with Crippen molar-refractivity contribution >= 4 is 66.5 Å². The number of rotatable bonds is 5. The zero-order valence-electron chi connectivity index (χ0n) is 21.6. The molecular weight excluding hydrogens is 513 g/mol. The Morgan fingerprint density at radius 3 is 2.73 bits per heavy atom. The van der Waals surface area contributed by atoms with Gasteiger partial charge in [-0.25, -0.2) is 19.2 Å². The zero-order valence-corrected chi connectivity index (χ0v) is 21.6. The molecule has 0 aliphatic heterocycles. The molecule has 0 bridgehead atoms. The van der Waals surface area contributed by atoms with E-state index < -0.39 is 11.4 Å². The van der Waals surface area contributed by atoms with Gasteiger partial charge in [-0.3, -0.25) is 4.79 Å². The van der Waals surface area contributed by atoms with Gasteiger partial charge in [0, 0.05) is 28.9 Å². The summed E-state index contributed by atoms with van der Waals surface area (Å²) in [6.45, 7) is 0.360. The van der Waals surface area contributed by atoms with E-state index in [0.717, 1.165) is 10.9 Å². The maximum Gasteiger partial charge on any atom is 0.362 e. The van der Waals surface area contributed by atoms with E-state index in [2.05, 4.69) is 15.3 Å². The minimum Gasteiger partial charge on any atom is -0.463 e. The highest BCUT2D eigenvalue weighted by atomic mass is 19.1. The normalized spacial score (nSPS) is 12.0. The maximum atomic E-state index is 15.3. The number of para-hydroxylation sites is 1. The number of furan rings is 1. The molecule has 5 heterocycles. The highest BCUT2D eigenvalue weighted by Gasteiger charge is 2.24. The van der Waals surface area contributed by atoms with E-state index in [9.17, 15) is 9.59 Å². The maximum absolute atomic E-state index is 15.3. The van der Waals surface area contributed by atoms with Gasteiger partial charge in [0.15, 0.2) is 0 Å². The van der Waals surface area contributed by atoms with Crippen LogP contribution < -0.4 is 10.9 Å². The van der Waals surface area contributed by atoms with E-state index in [1.807, 2.05) is 30.3 Å². The smallest absolute Gasteiger partial charge is 0.362 e. The van der Waals surface area contributed by atoms with Crippen LogP contribution in [0.3, 0.4) is 0 Å². The Morgan fingerprint density at radius 2 is 1.88 bits per heavy atom. The van der Waals surface area contributed by atoms with Gasteiger partial charge in [-0.15, -0.1) is 0 Å². The molecule has 0 aliphatic rings. The second kappa shape index (κ2) is 8.99. The lowest BCUT2D eigenvalue weighted by molar-refractivity contribution is -0.116. The minimum absolute atomic E-state index is 0.168. The van der Waals surface area contributed by atoms with Crippen LogP contribution >= 0.6 is 0 Å². The first kappa shape index (κ1) is 24.0. The number of pyridine rings is 2. The molecule has 5 aromatic heterocycles. The zero-order chi connectivity index (χ0) is 27.5. The number of anilines is 1. The molecular formula is C30H22FN5O4. The number of hydrogen-bond donors (Lipinski definition) is 1. The number of amides is 1. The van der Waals surface area contributed by atoms with Crippen LogP contribution in [0, 0.1) is 5.82 Å². The Hall–Kier alpha value is -5.09. The van der Waals surface area contributed by atoms with Crippen LogP contribution in [0.5, 0.6) is 0 Å². The summed E-state index contributed by atoms with van der Waals surface area (Å²) in [5.41, 5.74) is 2.09. The molecule has 40 heavy (non-hydrogen) atoms. The molecule has 198 valence electrons. The van der Waals surface area contributed by atoms with Gasteiger partial charge in [0.1, 0.15) is 22.7 Å². The first-order valence-electron chi connectivity index (χ1n) is 12.6. The van der Waals surface area contributed by atoms with Crippen LogP contribution in [-0.4, -0.2) is 46.0 Å². The third-order valence-electron chi connectivity index (χ3n) is 7.00. The summed E-state index contributed by atoms with van der Waals surface area (Å²) in [5.74, 6) is -0.302. The van der Waals surface area contributed by atoms with E-state index in [-0.39, 0.29) is 30.2 Å². The van der Waals surface area contributed by atoms with Crippen molar-refractivity contribution in [2.75, 3.05) is 26.0 Å². The second-order valence-corrected chi connectivity index (χ2v) is 9.94. The van der Waals surface area contributed by atoms with Gasteiger partial charge in [-0.2, -0.15) is 0 Å². The third kappa shape index (κ3) is 3.72. The van der Waals surface area contributed by atoms with Crippen molar-refractivity contribution in [3.05, 3.63) is 88.9 Å². The van der Waals surface area contributed by atoms with Gasteiger partial charge in [0.2, 0.25) is 11.6 Å². The largest absolute Gasteiger partial charge is 0.463 e. The number of nitrogens with zero attached hydrogens (tertiary/aromatic N) is 4. The predicted octanol–water partition coefficient (Wildman–Crippen LogP) is 5.28. The van der Waals surface area contributed by atoms with Crippen molar-refractivity contribution < 1.29 is 18.0 Å². The van der Waals surface area contributed by atoms with Crippen molar-refractivity contribution in [1.82, 2.24) is 19.4 Å². The SMILES string of the molecule is CN(C)CC(=O)Nc1cc(Cn2c3cc(F)c4ccoc4c3c3c4cccnc4oc(=O)c32)c2ccccc2n1. The van der Waals surface area contributed by atoms with Gasteiger partial charge in [-0.1, -0.05) is 18.2 Å². The van der Waals surface area contributed by atoms with Crippen molar-refractivity contribution in [2.45, 2.75) is 6.54 Å². The highest BCUT2D eigenvalue weighted by Crippen LogP contribution is 2.39. The van der Waals surface area contributed by atoms with Crippen molar-refractivity contribution in [1.29, 1.82) is 0 Å². The minimum atomic E-state index is -0.601. The molecule has 0 unspecified atom stereocenters. The lowest BCUT2D eigenvalue weighted by atomic mass is 10.1. The van der Waals surface area contributed by atoms with Crippen LogP contribution in [0.25, 0.3) is 54.8 Å². The molecule has 1 N–H and O–H groups in total. The molecule has 10 heteroatoms. The average Bonchev–Trinajstić information content (AvgIpc) is 3.53. The van der Waals surface area contributed by atoms with Gasteiger partial charge >= 0.3 is 5.63 Å². The fraction of sp³-hybridized carbons (Fsp3) is 0.133. The molecule has 0 spiro atoms. The summed E-state index contributed by atoms with van der Waals surface area (Å²) in [5, 5.41) is 5.79. The third-order valence-corrected chi connectivity index (χ3v) is 7.00. The van der Waals surface area contributed by atoms with Crippen molar-refractivity contribution in [3.8, 4) is 0 Å². The quantitative estimate of drug-likeness (QED) is 0.320. The van der Waals surface area contributed by atoms with Gasteiger partial charge in [0.25, 0.3) is 0 Å². The number of likely N-dealkylation sites (N-methyl/N-ethyl adjacent to an activating group) is 1. The first-order chi connectivity index (χ1) is 19.4. The van der Waals surface area contributed by atoms with E-state index in [1.54, 1.807) is 48.0 Å². The summed E-state index contributed by atoms with van der Waals surface area (Å²) < 4.78 is 28.5. The van der Waals surface area contributed by atoms with Crippen molar-refractivity contribution in [3.63, 3.8) is 0 Å². The van der Waals surface area contributed by atoms with Crippen LogP contribution in [0.1, 0.15) is 5.56 Å². The molecule has 0 radical (unpaired) electrons. The Bertz CT molecular complexity index is 2190. The highest BCUT2D eigenvalue weighted by molar-refractivity contribution is 6.25. The van der Waals surface area contributed by atoms with Crippen LogP contribution in [-0.2, 0) is 11.3 Å². The fourth-order valence-electron chi connectivity index (χ4n) is 5.43. The fourth-order valence-corrected chi connectivity index (χ4v) is 5.43. The number of halogens is 1. The number of carbonyl (C=O) groups is 1. The Kier molecular flexibility index (Phi) is 5.39. The summed E-state index contributed by atoms with van der Waals surface area (Å²) in [6.07, 6.45) is 2.98. The van der Waals surface area contributed by atoms with E-state index >= 15 is 4.39 Å². The Balaban J connectivity index is 1.53.